The zero-order valence-electron chi connectivity index (χ0n) is 12.2. The molecule has 20 heavy (non-hydrogen) atoms. The molecule has 1 heterocycles. The van der Waals surface area contributed by atoms with Crippen LogP contribution in [0.4, 0.5) is 10.1 Å². The maximum atomic E-state index is 14.1. The van der Waals surface area contributed by atoms with Crippen LogP contribution in [0.5, 0.6) is 0 Å². The molecule has 1 aromatic rings. The molecular formula is C15H23FN2O2. The van der Waals surface area contributed by atoms with Crippen LogP contribution in [0.1, 0.15) is 26.3 Å². The third-order valence-corrected chi connectivity index (χ3v) is 3.49. The Hall–Kier alpha value is -1.17. The Labute approximate surface area is 119 Å². The molecule has 0 radical (unpaired) electrons. The number of hydrogen-bond donors (Lipinski definition) is 3. The first-order chi connectivity index (χ1) is 9.28. The van der Waals surface area contributed by atoms with Gasteiger partial charge in [0.05, 0.1) is 12.2 Å². The molecule has 0 aromatic heterocycles. The summed E-state index contributed by atoms with van der Waals surface area (Å²) in [7, 11) is 0. The molecule has 112 valence electrons. The van der Waals surface area contributed by atoms with E-state index >= 15 is 0 Å². The summed E-state index contributed by atoms with van der Waals surface area (Å²) in [5.41, 5.74) is 1.20. The van der Waals surface area contributed by atoms with Gasteiger partial charge in [-0.3, -0.25) is 0 Å². The van der Waals surface area contributed by atoms with Crippen molar-refractivity contribution in [3.05, 3.63) is 29.6 Å². The fraction of sp³-hybridized carbons (Fsp3) is 0.600. The molecule has 1 saturated heterocycles. The van der Waals surface area contributed by atoms with Gasteiger partial charge in [-0.1, -0.05) is 6.07 Å². The van der Waals surface area contributed by atoms with E-state index in [1.54, 1.807) is 6.07 Å². The Morgan fingerprint density at radius 1 is 1.25 bits per heavy atom. The van der Waals surface area contributed by atoms with E-state index in [2.05, 4.69) is 5.32 Å². The Morgan fingerprint density at radius 2 is 1.85 bits per heavy atom. The molecule has 0 amide bonds. The number of nitrogens with zero attached hydrogens (tertiary/aromatic N) is 1. The molecule has 2 atom stereocenters. The summed E-state index contributed by atoms with van der Waals surface area (Å²) in [5.74, 6) is -0.268. The molecule has 0 bridgehead atoms. The fourth-order valence-electron chi connectivity index (χ4n) is 2.34. The van der Waals surface area contributed by atoms with Crippen molar-refractivity contribution in [2.75, 3.05) is 18.0 Å². The molecule has 1 aromatic carbocycles. The number of nitrogens with one attached hydrogen (secondary N) is 1. The lowest BCUT2D eigenvalue weighted by atomic mass is 10.1. The van der Waals surface area contributed by atoms with Crippen LogP contribution < -0.4 is 10.2 Å². The predicted octanol–water partition coefficient (Wildman–Crippen LogP) is 1.26. The third kappa shape index (κ3) is 3.48. The lowest BCUT2D eigenvalue weighted by Crippen LogP contribution is -2.36. The summed E-state index contributed by atoms with van der Waals surface area (Å²) < 4.78 is 14.1. The highest BCUT2D eigenvalue weighted by molar-refractivity contribution is 5.55. The fourth-order valence-corrected chi connectivity index (χ4v) is 2.34. The van der Waals surface area contributed by atoms with E-state index in [-0.39, 0.29) is 11.4 Å². The minimum Gasteiger partial charge on any atom is -0.389 e. The van der Waals surface area contributed by atoms with E-state index < -0.39 is 12.2 Å². The zero-order chi connectivity index (χ0) is 14.9. The molecule has 4 nitrogen and oxygen atoms in total. The number of aliphatic hydroxyl groups is 2. The van der Waals surface area contributed by atoms with Gasteiger partial charge in [0.2, 0.25) is 0 Å². The minimum absolute atomic E-state index is 0.108. The van der Waals surface area contributed by atoms with Gasteiger partial charge < -0.3 is 20.4 Å². The van der Waals surface area contributed by atoms with Gasteiger partial charge in [-0.05, 0) is 32.9 Å². The van der Waals surface area contributed by atoms with Gasteiger partial charge in [-0.25, -0.2) is 4.39 Å². The van der Waals surface area contributed by atoms with Crippen LogP contribution in [0, 0.1) is 5.82 Å². The van der Waals surface area contributed by atoms with Gasteiger partial charge >= 0.3 is 0 Å². The van der Waals surface area contributed by atoms with Crippen molar-refractivity contribution < 1.29 is 14.6 Å². The summed E-state index contributed by atoms with van der Waals surface area (Å²) in [6.45, 7) is 7.14. The summed E-state index contributed by atoms with van der Waals surface area (Å²) in [5, 5.41) is 22.6. The third-order valence-electron chi connectivity index (χ3n) is 3.49. The average Bonchev–Trinajstić information content (AvgIpc) is 2.66. The molecule has 2 unspecified atom stereocenters. The number of aliphatic hydroxyl groups excluding tert-OH is 2. The second kappa shape index (κ2) is 5.68. The lowest BCUT2D eigenvalue weighted by Gasteiger charge is -2.25. The second-order valence-electron chi connectivity index (χ2n) is 6.38. The first-order valence-electron chi connectivity index (χ1n) is 6.91. The van der Waals surface area contributed by atoms with Crippen LogP contribution in [-0.2, 0) is 6.54 Å². The maximum Gasteiger partial charge on any atom is 0.129 e. The summed E-state index contributed by atoms with van der Waals surface area (Å²) in [6.07, 6.45) is -1.55. The van der Waals surface area contributed by atoms with Crippen LogP contribution >= 0.6 is 0 Å². The normalized spacial score (nSPS) is 23.4. The van der Waals surface area contributed by atoms with Crippen LogP contribution in [0.25, 0.3) is 0 Å². The van der Waals surface area contributed by atoms with E-state index in [4.69, 9.17) is 0 Å². The van der Waals surface area contributed by atoms with Gasteiger partial charge in [0.15, 0.2) is 0 Å². The molecule has 1 aliphatic heterocycles. The molecule has 0 saturated carbocycles. The molecule has 1 fully saturated rings. The van der Waals surface area contributed by atoms with Gasteiger partial charge in [0, 0.05) is 36.4 Å². The Morgan fingerprint density at radius 3 is 2.40 bits per heavy atom. The molecule has 2 rings (SSSR count). The first-order valence-corrected chi connectivity index (χ1v) is 6.91. The van der Waals surface area contributed by atoms with Crippen LogP contribution in [0.3, 0.4) is 0 Å². The monoisotopic (exact) mass is 282 g/mol. The zero-order valence-corrected chi connectivity index (χ0v) is 12.2. The average molecular weight is 282 g/mol. The van der Waals surface area contributed by atoms with Crippen molar-refractivity contribution in [1.82, 2.24) is 5.32 Å². The van der Waals surface area contributed by atoms with Crippen LogP contribution in [0.2, 0.25) is 0 Å². The predicted molar refractivity (Wildman–Crippen MR) is 77.2 cm³/mol. The van der Waals surface area contributed by atoms with Gasteiger partial charge in [-0.15, -0.1) is 0 Å². The van der Waals surface area contributed by atoms with Crippen molar-refractivity contribution >= 4 is 5.69 Å². The van der Waals surface area contributed by atoms with Gasteiger partial charge in [0.1, 0.15) is 5.82 Å². The summed E-state index contributed by atoms with van der Waals surface area (Å²) in [4.78, 5) is 1.83. The number of halogens is 1. The minimum atomic E-state index is -0.776. The topological polar surface area (TPSA) is 55.7 Å². The highest BCUT2D eigenvalue weighted by atomic mass is 19.1. The second-order valence-corrected chi connectivity index (χ2v) is 6.38. The lowest BCUT2D eigenvalue weighted by molar-refractivity contribution is 0.0572. The van der Waals surface area contributed by atoms with Crippen LogP contribution in [-0.4, -0.2) is 41.0 Å². The Bertz CT molecular complexity index is 463. The standard InChI is InChI=1S/C15H23FN2O2/c1-15(2,3)17-7-10-11(16)5-4-6-12(10)18-8-13(19)14(20)9-18/h4-6,13-14,17,19-20H,7-9H2,1-3H3. The molecule has 0 aliphatic carbocycles. The maximum absolute atomic E-state index is 14.1. The van der Waals surface area contributed by atoms with Gasteiger partial charge in [0.25, 0.3) is 0 Å². The molecule has 3 N–H and O–H groups in total. The smallest absolute Gasteiger partial charge is 0.129 e. The number of benzene rings is 1. The quantitative estimate of drug-likeness (QED) is 0.781. The van der Waals surface area contributed by atoms with E-state index in [1.807, 2.05) is 31.7 Å². The summed E-state index contributed by atoms with van der Waals surface area (Å²) in [6, 6.07) is 4.92. The van der Waals surface area contributed by atoms with Crippen molar-refractivity contribution in [1.29, 1.82) is 0 Å². The van der Waals surface area contributed by atoms with Crippen molar-refractivity contribution in [3.8, 4) is 0 Å². The van der Waals surface area contributed by atoms with Crippen molar-refractivity contribution in [2.24, 2.45) is 0 Å². The van der Waals surface area contributed by atoms with E-state index in [9.17, 15) is 14.6 Å². The molecule has 0 spiro atoms. The van der Waals surface area contributed by atoms with Crippen molar-refractivity contribution in [3.63, 3.8) is 0 Å². The van der Waals surface area contributed by atoms with Crippen LogP contribution in [0.15, 0.2) is 18.2 Å². The number of hydrogen-bond acceptors (Lipinski definition) is 4. The van der Waals surface area contributed by atoms with E-state index in [1.165, 1.54) is 6.07 Å². The SMILES string of the molecule is CC(C)(C)NCc1c(F)cccc1N1CC(O)C(O)C1. The highest BCUT2D eigenvalue weighted by Gasteiger charge is 2.31. The molecule has 1 aliphatic rings. The highest BCUT2D eigenvalue weighted by Crippen LogP contribution is 2.27. The number of rotatable bonds is 3. The Kier molecular flexibility index (Phi) is 4.32. The number of anilines is 1. The van der Waals surface area contributed by atoms with E-state index in [0.717, 1.165) is 5.69 Å². The largest absolute Gasteiger partial charge is 0.389 e. The summed E-state index contributed by atoms with van der Waals surface area (Å²) >= 11 is 0. The van der Waals surface area contributed by atoms with Crippen molar-refractivity contribution in [2.45, 2.75) is 45.1 Å². The molecule has 5 heteroatoms. The number of β-amino-alcohol motifs (C(OH)–C–C–N with tert-alkyl or cyclic N) is 2. The Balaban J connectivity index is 2.23. The van der Waals surface area contributed by atoms with Gasteiger partial charge in [-0.2, -0.15) is 0 Å². The first kappa shape index (κ1) is 15.2. The molecular weight excluding hydrogens is 259 g/mol. The van der Waals surface area contributed by atoms with E-state index in [0.29, 0.717) is 25.2 Å².